The van der Waals surface area contributed by atoms with Gasteiger partial charge in [-0.05, 0) is 26.7 Å². The molecule has 0 aromatic carbocycles. The monoisotopic (exact) mass is 245 g/mol. The summed E-state index contributed by atoms with van der Waals surface area (Å²) in [6.45, 7) is 9.06. The zero-order chi connectivity index (χ0) is 13.6. The van der Waals surface area contributed by atoms with Crippen molar-refractivity contribution in [1.82, 2.24) is 10.7 Å². The Morgan fingerprint density at radius 2 is 1.88 bits per heavy atom. The normalized spacial score (nSPS) is 14.7. The number of amides is 2. The molecule has 6 heteroatoms. The summed E-state index contributed by atoms with van der Waals surface area (Å²) in [7, 11) is 0. The quantitative estimate of drug-likeness (QED) is 0.390. The van der Waals surface area contributed by atoms with Gasteiger partial charge in [0.25, 0.3) is 5.91 Å². The lowest BCUT2D eigenvalue weighted by molar-refractivity contribution is -0.124. The molecule has 2 atom stereocenters. The highest BCUT2D eigenvalue weighted by molar-refractivity contribution is 5.85. The molecule has 17 heavy (non-hydrogen) atoms. The van der Waals surface area contributed by atoms with E-state index >= 15 is 0 Å². The van der Waals surface area contributed by atoms with E-state index in [2.05, 4.69) is 5.32 Å². The van der Waals surface area contributed by atoms with Crippen LogP contribution in [0, 0.1) is 5.92 Å². The molecular weight excluding hydrogens is 222 g/mol. The zero-order valence-corrected chi connectivity index (χ0v) is 11.2. The summed E-state index contributed by atoms with van der Waals surface area (Å²) >= 11 is 0. The van der Waals surface area contributed by atoms with Crippen molar-refractivity contribution in [2.45, 2.75) is 52.7 Å². The van der Waals surface area contributed by atoms with Gasteiger partial charge in [-0.15, -0.1) is 0 Å². The van der Waals surface area contributed by atoms with E-state index in [-0.39, 0.29) is 5.92 Å². The number of ether oxygens (including phenoxy) is 1. The molecule has 0 aliphatic rings. The molecule has 0 heterocycles. The second-order valence-corrected chi connectivity index (χ2v) is 5.02. The van der Waals surface area contributed by atoms with Gasteiger partial charge in [-0.2, -0.15) is 0 Å². The van der Waals surface area contributed by atoms with Crippen LogP contribution in [0.5, 0.6) is 0 Å². The van der Waals surface area contributed by atoms with Gasteiger partial charge < -0.3 is 10.1 Å². The molecule has 2 amide bonds. The fourth-order valence-electron chi connectivity index (χ4n) is 1.23. The number of rotatable bonds is 4. The standard InChI is InChI=1S/C11H23N3O3/c1-6-7(2)8(9(15)14-12)13-10(16)17-11(3,4)5/h7-8H,6,12H2,1-5H3,(H,13,16)(H,14,15)/t7-,8+/m0/s1. The number of alkyl carbamates (subject to hydrolysis) is 1. The van der Waals surface area contributed by atoms with E-state index in [1.54, 1.807) is 20.8 Å². The summed E-state index contributed by atoms with van der Waals surface area (Å²) in [4.78, 5) is 23.1. The SMILES string of the molecule is CC[C@H](C)[C@@H](NC(=O)OC(C)(C)C)C(=O)NN. The predicted molar refractivity (Wildman–Crippen MR) is 64.9 cm³/mol. The van der Waals surface area contributed by atoms with Gasteiger partial charge in [-0.1, -0.05) is 20.3 Å². The van der Waals surface area contributed by atoms with Crippen LogP contribution in [0.25, 0.3) is 0 Å². The molecule has 0 aromatic heterocycles. The van der Waals surface area contributed by atoms with Crippen LogP contribution in [0.3, 0.4) is 0 Å². The number of hydrazine groups is 1. The fraction of sp³-hybridized carbons (Fsp3) is 0.818. The van der Waals surface area contributed by atoms with Crippen LogP contribution in [0.4, 0.5) is 4.79 Å². The Hall–Kier alpha value is -1.30. The van der Waals surface area contributed by atoms with Crippen molar-refractivity contribution >= 4 is 12.0 Å². The Bertz CT molecular complexity index is 274. The van der Waals surface area contributed by atoms with Crippen LogP contribution in [-0.4, -0.2) is 23.6 Å². The number of hydrogen-bond acceptors (Lipinski definition) is 4. The van der Waals surface area contributed by atoms with Crippen LogP contribution in [0.1, 0.15) is 41.0 Å². The van der Waals surface area contributed by atoms with E-state index in [9.17, 15) is 9.59 Å². The Kier molecular flexibility index (Phi) is 5.95. The van der Waals surface area contributed by atoms with E-state index in [0.29, 0.717) is 0 Å². The second-order valence-electron chi connectivity index (χ2n) is 5.02. The molecule has 4 N–H and O–H groups in total. The zero-order valence-electron chi connectivity index (χ0n) is 11.2. The van der Waals surface area contributed by atoms with Crippen LogP contribution in [0.15, 0.2) is 0 Å². The molecule has 0 fully saturated rings. The summed E-state index contributed by atoms with van der Waals surface area (Å²) in [6.07, 6.45) is 0.125. The van der Waals surface area contributed by atoms with Crippen molar-refractivity contribution < 1.29 is 14.3 Å². The lowest BCUT2D eigenvalue weighted by atomic mass is 9.99. The van der Waals surface area contributed by atoms with Gasteiger partial charge in [0.1, 0.15) is 11.6 Å². The third-order valence-corrected chi connectivity index (χ3v) is 2.31. The molecule has 0 aliphatic heterocycles. The van der Waals surface area contributed by atoms with Gasteiger partial charge in [0.15, 0.2) is 0 Å². The van der Waals surface area contributed by atoms with Crippen molar-refractivity contribution in [3.63, 3.8) is 0 Å². The summed E-state index contributed by atoms with van der Waals surface area (Å²) < 4.78 is 5.09. The average Bonchev–Trinajstić information content (AvgIpc) is 2.21. The van der Waals surface area contributed by atoms with E-state index < -0.39 is 23.6 Å². The van der Waals surface area contributed by atoms with Crippen molar-refractivity contribution in [2.75, 3.05) is 0 Å². The average molecular weight is 245 g/mol. The molecule has 0 rings (SSSR count). The predicted octanol–water partition coefficient (Wildman–Crippen LogP) is 0.916. The van der Waals surface area contributed by atoms with E-state index in [1.807, 2.05) is 19.3 Å². The van der Waals surface area contributed by atoms with Crippen LogP contribution in [-0.2, 0) is 9.53 Å². The summed E-state index contributed by atoms with van der Waals surface area (Å²) in [5, 5.41) is 2.52. The first-order chi connectivity index (χ1) is 7.71. The van der Waals surface area contributed by atoms with E-state index in [0.717, 1.165) is 6.42 Å². The molecule has 0 saturated heterocycles. The topological polar surface area (TPSA) is 93.4 Å². The Balaban J connectivity index is 4.54. The molecule has 6 nitrogen and oxygen atoms in total. The Labute approximate surface area is 102 Å². The molecule has 0 aromatic rings. The minimum Gasteiger partial charge on any atom is -0.444 e. The molecule has 0 spiro atoms. The number of nitrogens with one attached hydrogen (secondary N) is 2. The highest BCUT2D eigenvalue weighted by Crippen LogP contribution is 2.10. The summed E-state index contributed by atoms with van der Waals surface area (Å²) in [5.41, 5.74) is 1.45. The second kappa shape index (κ2) is 6.44. The van der Waals surface area contributed by atoms with Crippen LogP contribution < -0.4 is 16.6 Å². The first kappa shape index (κ1) is 15.7. The van der Waals surface area contributed by atoms with E-state index in [4.69, 9.17) is 10.6 Å². The largest absolute Gasteiger partial charge is 0.444 e. The highest BCUT2D eigenvalue weighted by atomic mass is 16.6. The number of carbonyl (C=O) groups is 2. The number of hydrogen-bond donors (Lipinski definition) is 3. The molecule has 0 bridgehead atoms. The lowest BCUT2D eigenvalue weighted by Gasteiger charge is -2.25. The smallest absolute Gasteiger partial charge is 0.408 e. The lowest BCUT2D eigenvalue weighted by Crippen LogP contribution is -2.52. The van der Waals surface area contributed by atoms with Crippen molar-refractivity contribution in [3.8, 4) is 0 Å². The molecule has 0 saturated carbocycles. The van der Waals surface area contributed by atoms with E-state index in [1.165, 1.54) is 0 Å². The first-order valence-electron chi connectivity index (χ1n) is 5.71. The summed E-state index contributed by atoms with van der Waals surface area (Å²) in [5.74, 6) is 4.63. The molecule has 0 aliphatic carbocycles. The van der Waals surface area contributed by atoms with Gasteiger partial charge in [-0.25, -0.2) is 10.6 Å². The van der Waals surface area contributed by atoms with Crippen molar-refractivity contribution in [1.29, 1.82) is 0 Å². The Morgan fingerprint density at radius 1 is 1.35 bits per heavy atom. The fourth-order valence-corrected chi connectivity index (χ4v) is 1.23. The van der Waals surface area contributed by atoms with Crippen LogP contribution in [0.2, 0.25) is 0 Å². The molecule has 0 unspecified atom stereocenters. The third kappa shape index (κ3) is 6.11. The maximum Gasteiger partial charge on any atom is 0.408 e. The molecular formula is C11H23N3O3. The highest BCUT2D eigenvalue weighted by Gasteiger charge is 2.27. The van der Waals surface area contributed by atoms with Gasteiger partial charge >= 0.3 is 6.09 Å². The van der Waals surface area contributed by atoms with Crippen molar-refractivity contribution in [3.05, 3.63) is 0 Å². The van der Waals surface area contributed by atoms with Crippen LogP contribution >= 0.6 is 0 Å². The maximum absolute atomic E-state index is 11.6. The van der Waals surface area contributed by atoms with Gasteiger partial charge in [-0.3, -0.25) is 10.2 Å². The minimum atomic E-state index is -0.681. The van der Waals surface area contributed by atoms with Gasteiger partial charge in [0.2, 0.25) is 0 Å². The van der Waals surface area contributed by atoms with Crippen molar-refractivity contribution in [2.24, 2.45) is 11.8 Å². The molecule has 100 valence electrons. The Morgan fingerprint density at radius 3 is 2.24 bits per heavy atom. The maximum atomic E-state index is 11.6. The summed E-state index contributed by atoms with van der Waals surface area (Å²) in [6, 6.07) is -0.681. The van der Waals surface area contributed by atoms with Gasteiger partial charge in [0, 0.05) is 0 Å². The number of carbonyl (C=O) groups excluding carboxylic acids is 2. The van der Waals surface area contributed by atoms with Gasteiger partial charge in [0.05, 0.1) is 0 Å². The molecule has 0 radical (unpaired) electrons. The third-order valence-electron chi connectivity index (χ3n) is 2.31. The number of nitrogens with two attached hydrogens (primary N) is 1. The minimum absolute atomic E-state index is 0.0222. The first-order valence-corrected chi connectivity index (χ1v) is 5.71.